The molecule has 0 aliphatic heterocycles. The van der Waals surface area contributed by atoms with E-state index in [1.54, 1.807) is 0 Å². The third kappa shape index (κ3) is 3.30. The zero-order chi connectivity index (χ0) is 15.4. The molecule has 3 aromatic carbocycles. The Morgan fingerprint density at radius 3 is 2.68 bits per heavy atom. The molecule has 2 nitrogen and oxygen atoms in total. The Morgan fingerprint density at radius 2 is 1.86 bits per heavy atom. The summed E-state index contributed by atoms with van der Waals surface area (Å²) < 4.78 is 6.66. The molecule has 22 heavy (non-hydrogen) atoms. The number of nitrogens with zero attached hydrogens (tertiary/aromatic N) is 1. The molecule has 0 saturated heterocycles. The first-order valence-electron chi connectivity index (χ1n) is 7.22. The van der Waals surface area contributed by atoms with E-state index in [0.717, 1.165) is 20.6 Å². The molecule has 3 aromatic rings. The first kappa shape index (κ1) is 15.0. The quantitative estimate of drug-likeness (QED) is 0.412. The number of ether oxygens (including phenoxy) is 1. The number of hydrogen-bond acceptors (Lipinski definition) is 2. The molecule has 0 fully saturated rings. The standard InChI is InChI=1S/C19H16INO/c1-2-22-19-11-10-14(12-17(19)20)13-21-18-9-5-7-15-6-3-4-8-16(15)18/h3-13H,2H2,1H3. The van der Waals surface area contributed by atoms with Crippen LogP contribution in [0.5, 0.6) is 5.75 Å². The monoisotopic (exact) mass is 401 g/mol. The largest absolute Gasteiger partial charge is 0.493 e. The van der Waals surface area contributed by atoms with Crippen LogP contribution in [0, 0.1) is 3.57 Å². The SMILES string of the molecule is CCOc1ccc(C=Nc2cccc3ccccc23)cc1I. The predicted octanol–water partition coefficient (Wildman–Crippen LogP) is 5.59. The van der Waals surface area contributed by atoms with Crippen molar-refractivity contribution in [1.82, 2.24) is 0 Å². The van der Waals surface area contributed by atoms with Crippen molar-refractivity contribution in [2.75, 3.05) is 6.61 Å². The third-order valence-electron chi connectivity index (χ3n) is 3.38. The molecule has 3 heteroatoms. The van der Waals surface area contributed by atoms with Crippen molar-refractivity contribution in [3.8, 4) is 5.75 Å². The number of aliphatic imine (C=N–C) groups is 1. The molecular formula is C19H16INO. The van der Waals surface area contributed by atoms with Gasteiger partial charge in [0.15, 0.2) is 0 Å². The molecular weight excluding hydrogens is 385 g/mol. The van der Waals surface area contributed by atoms with Gasteiger partial charge in [0, 0.05) is 11.6 Å². The summed E-state index contributed by atoms with van der Waals surface area (Å²) in [6.45, 7) is 2.67. The van der Waals surface area contributed by atoms with E-state index in [2.05, 4.69) is 51.8 Å². The minimum Gasteiger partial charge on any atom is -0.493 e. The first-order valence-corrected chi connectivity index (χ1v) is 8.30. The van der Waals surface area contributed by atoms with Gasteiger partial charge in [-0.3, -0.25) is 4.99 Å². The van der Waals surface area contributed by atoms with Crippen LogP contribution in [-0.2, 0) is 0 Å². The topological polar surface area (TPSA) is 21.6 Å². The van der Waals surface area contributed by atoms with E-state index in [-0.39, 0.29) is 0 Å². The van der Waals surface area contributed by atoms with Crippen molar-refractivity contribution in [2.24, 2.45) is 4.99 Å². The Kier molecular flexibility index (Phi) is 4.73. The van der Waals surface area contributed by atoms with Gasteiger partial charge in [0.1, 0.15) is 5.75 Å². The molecule has 0 bridgehead atoms. The van der Waals surface area contributed by atoms with Gasteiger partial charge in [-0.1, -0.05) is 36.4 Å². The fourth-order valence-electron chi connectivity index (χ4n) is 2.33. The summed E-state index contributed by atoms with van der Waals surface area (Å²) in [6, 6.07) is 20.6. The predicted molar refractivity (Wildman–Crippen MR) is 102 cm³/mol. The van der Waals surface area contributed by atoms with Crippen molar-refractivity contribution in [1.29, 1.82) is 0 Å². The molecule has 110 valence electrons. The first-order chi connectivity index (χ1) is 10.8. The second kappa shape index (κ2) is 6.92. The molecule has 0 amide bonds. The Balaban J connectivity index is 1.91. The van der Waals surface area contributed by atoms with E-state index in [1.165, 1.54) is 10.8 Å². The maximum Gasteiger partial charge on any atom is 0.132 e. The third-order valence-corrected chi connectivity index (χ3v) is 4.22. The average molecular weight is 401 g/mol. The average Bonchev–Trinajstić information content (AvgIpc) is 2.55. The van der Waals surface area contributed by atoms with Gasteiger partial charge in [-0.15, -0.1) is 0 Å². The summed E-state index contributed by atoms with van der Waals surface area (Å²) in [5, 5.41) is 2.38. The second-order valence-electron chi connectivity index (χ2n) is 4.88. The lowest BCUT2D eigenvalue weighted by Crippen LogP contribution is -1.94. The van der Waals surface area contributed by atoms with E-state index in [1.807, 2.05) is 49.5 Å². The van der Waals surface area contributed by atoms with Crippen LogP contribution in [0.3, 0.4) is 0 Å². The highest BCUT2D eigenvalue weighted by molar-refractivity contribution is 14.1. The highest BCUT2D eigenvalue weighted by Gasteiger charge is 2.01. The normalized spacial score (nSPS) is 11.2. The van der Waals surface area contributed by atoms with E-state index in [9.17, 15) is 0 Å². The van der Waals surface area contributed by atoms with Crippen molar-refractivity contribution in [2.45, 2.75) is 6.92 Å². The highest BCUT2D eigenvalue weighted by Crippen LogP contribution is 2.26. The summed E-state index contributed by atoms with van der Waals surface area (Å²) in [5.74, 6) is 0.922. The Bertz CT molecular complexity index is 821. The molecule has 0 N–H and O–H groups in total. The van der Waals surface area contributed by atoms with Crippen LogP contribution >= 0.6 is 22.6 Å². The zero-order valence-corrected chi connectivity index (χ0v) is 14.4. The maximum atomic E-state index is 5.56. The fraction of sp³-hybridized carbons (Fsp3) is 0.105. The number of fused-ring (bicyclic) bond motifs is 1. The number of hydrogen-bond donors (Lipinski definition) is 0. The molecule has 0 spiro atoms. The summed E-state index contributed by atoms with van der Waals surface area (Å²) in [7, 11) is 0. The van der Waals surface area contributed by atoms with Gasteiger partial charge < -0.3 is 4.74 Å². The lowest BCUT2D eigenvalue weighted by Gasteiger charge is -2.06. The molecule has 0 aliphatic carbocycles. The van der Waals surface area contributed by atoms with Crippen LogP contribution < -0.4 is 4.74 Å². The van der Waals surface area contributed by atoms with E-state index >= 15 is 0 Å². The minimum absolute atomic E-state index is 0.680. The van der Waals surface area contributed by atoms with Crippen LogP contribution in [-0.4, -0.2) is 12.8 Å². The summed E-state index contributed by atoms with van der Waals surface area (Å²) in [4.78, 5) is 4.65. The van der Waals surface area contributed by atoms with Crippen LogP contribution in [0.25, 0.3) is 10.8 Å². The Labute approximate surface area is 144 Å². The summed E-state index contributed by atoms with van der Waals surface area (Å²) in [6.07, 6.45) is 1.90. The molecule has 3 rings (SSSR count). The molecule has 0 saturated carbocycles. The summed E-state index contributed by atoms with van der Waals surface area (Å²) >= 11 is 2.29. The molecule has 0 aromatic heterocycles. The Morgan fingerprint density at radius 1 is 1.05 bits per heavy atom. The van der Waals surface area contributed by atoms with Crippen molar-refractivity contribution in [3.05, 3.63) is 69.8 Å². The highest BCUT2D eigenvalue weighted by atomic mass is 127. The van der Waals surface area contributed by atoms with E-state index < -0.39 is 0 Å². The van der Waals surface area contributed by atoms with Crippen molar-refractivity contribution in [3.63, 3.8) is 0 Å². The fourth-order valence-corrected chi connectivity index (χ4v) is 3.03. The van der Waals surface area contributed by atoms with Gasteiger partial charge >= 0.3 is 0 Å². The van der Waals surface area contributed by atoms with Crippen LogP contribution in [0.2, 0.25) is 0 Å². The zero-order valence-electron chi connectivity index (χ0n) is 12.3. The van der Waals surface area contributed by atoms with Crippen molar-refractivity contribution < 1.29 is 4.74 Å². The van der Waals surface area contributed by atoms with Crippen LogP contribution in [0.1, 0.15) is 12.5 Å². The second-order valence-corrected chi connectivity index (χ2v) is 6.04. The van der Waals surface area contributed by atoms with Gasteiger partial charge in [-0.25, -0.2) is 0 Å². The van der Waals surface area contributed by atoms with Gasteiger partial charge in [-0.2, -0.15) is 0 Å². The lowest BCUT2D eigenvalue weighted by molar-refractivity contribution is 0.338. The summed E-state index contributed by atoms with van der Waals surface area (Å²) in [5.41, 5.74) is 2.06. The molecule has 0 aliphatic rings. The van der Waals surface area contributed by atoms with Gasteiger partial charge in [0.25, 0.3) is 0 Å². The van der Waals surface area contributed by atoms with E-state index in [0.29, 0.717) is 6.61 Å². The number of halogens is 1. The molecule has 0 atom stereocenters. The van der Waals surface area contributed by atoms with Gasteiger partial charge in [0.05, 0.1) is 15.9 Å². The molecule has 0 radical (unpaired) electrons. The minimum atomic E-state index is 0.680. The van der Waals surface area contributed by atoms with Crippen molar-refractivity contribution >= 4 is 45.3 Å². The van der Waals surface area contributed by atoms with Crippen LogP contribution in [0.4, 0.5) is 5.69 Å². The van der Waals surface area contributed by atoms with Gasteiger partial charge in [-0.05, 0) is 64.7 Å². The number of rotatable bonds is 4. The Hall–Kier alpha value is -1.88. The van der Waals surface area contributed by atoms with Gasteiger partial charge in [0.2, 0.25) is 0 Å². The molecule has 0 heterocycles. The van der Waals surface area contributed by atoms with E-state index in [4.69, 9.17) is 4.74 Å². The van der Waals surface area contributed by atoms with Crippen LogP contribution in [0.15, 0.2) is 65.7 Å². The molecule has 0 unspecified atom stereocenters. The smallest absolute Gasteiger partial charge is 0.132 e. The lowest BCUT2D eigenvalue weighted by atomic mass is 10.1. The number of benzene rings is 3. The maximum absolute atomic E-state index is 5.56.